The number of imidazole rings is 1. The van der Waals surface area contributed by atoms with Gasteiger partial charge in [-0.25, -0.2) is 4.98 Å². The highest BCUT2D eigenvalue weighted by atomic mass is 79.9. The molecule has 2 aromatic heterocycles. The number of nitroso groups, excluding NO2 is 1. The van der Waals surface area contributed by atoms with E-state index in [1.54, 1.807) is 23.6 Å². The molecule has 14 heavy (non-hydrogen) atoms. The second kappa shape index (κ2) is 3.33. The van der Waals surface area contributed by atoms with Crippen molar-refractivity contribution in [2.75, 3.05) is 0 Å². The molecule has 72 valence electrons. The predicted molar refractivity (Wildman–Crippen MR) is 58.1 cm³/mol. The van der Waals surface area contributed by atoms with Crippen LogP contribution in [0, 0.1) is 11.8 Å². The summed E-state index contributed by atoms with van der Waals surface area (Å²) >= 11 is 9.23. The van der Waals surface area contributed by atoms with E-state index in [0.29, 0.717) is 16.4 Å². The van der Waals surface area contributed by atoms with Gasteiger partial charge in [-0.05, 0) is 34.1 Å². The van der Waals surface area contributed by atoms with Crippen LogP contribution in [0.15, 0.2) is 21.9 Å². The molecule has 0 aliphatic carbocycles. The molecule has 0 amide bonds. The molecule has 0 bridgehead atoms. The van der Waals surface area contributed by atoms with Crippen molar-refractivity contribution < 1.29 is 0 Å². The minimum absolute atomic E-state index is 0.281. The first-order chi connectivity index (χ1) is 6.63. The van der Waals surface area contributed by atoms with Crippen LogP contribution < -0.4 is 0 Å². The van der Waals surface area contributed by atoms with Gasteiger partial charge in [0.2, 0.25) is 5.82 Å². The van der Waals surface area contributed by atoms with Gasteiger partial charge in [0.15, 0.2) is 5.65 Å². The van der Waals surface area contributed by atoms with Crippen molar-refractivity contribution in [3.63, 3.8) is 0 Å². The van der Waals surface area contributed by atoms with Crippen molar-refractivity contribution in [3.8, 4) is 0 Å². The van der Waals surface area contributed by atoms with Gasteiger partial charge in [0.05, 0.1) is 10.7 Å². The van der Waals surface area contributed by atoms with Gasteiger partial charge in [-0.15, -0.1) is 4.91 Å². The summed E-state index contributed by atoms with van der Waals surface area (Å²) in [5, 5.41) is 3.40. The lowest BCUT2D eigenvalue weighted by atomic mass is 10.5. The van der Waals surface area contributed by atoms with Crippen molar-refractivity contribution in [1.82, 2.24) is 9.38 Å². The number of halogens is 2. The summed E-state index contributed by atoms with van der Waals surface area (Å²) in [6.45, 7) is 1.72. The lowest BCUT2D eigenvalue weighted by Gasteiger charge is -1.97. The molecule has 0 saturated heterocycles. The summed E-state index contributed by atoms with van der Waals surface area (Å²) < 4.78 is 2.34. The van der Waals surface area contributed by atoms with Crippen LogP contribution >= 0.6 is 27.5 Å². The van der Waals surface area contributed by atoms with E-state index in [0.717, 1.165) is 4.47 Å². The van der Waals surface area contributed by atoms with E-state index in [-0.39, 0.29) is 5.82 Å². The fourth-order valence-corrected chi connectivity index (χ4v) is 2.10. The molecule has 0 atom stereocenters. The van der Waals surface area contributed by atoms with Crippen molar-refractivity contribution in [1.29, 1.82) is 0 Å². The fourth-order valence-electron chi connectivity index (χ4n) is 1.28. The molecule has 2 rings (SSSR count). The zero-order valence-electron chi connectivity index (χ0n) is 7.16. The first-order valence-corrected chi connectivity index (χ1v) is 4.97. The Balaban J connectivity index is 2.94. The molecular formula is C8H5BrClN3O. The molecule has 0 aliphatic heterocycles. The van der Waals surface area contributed by atoms with Crippen LogP contribution in [0.4, 0.5) is 5.82 Å². The van der Waals surface area contributed by atoms with E-state index in [1.807, 2.05) is 0 Å². The molecular weight excluding hydrogens is 269 g/mol. The molecule has 0 spiro atoms. The summed E-state index contributed by atoms with van der Waals surface area (Å²) in [5.41, 5.74) is 1.11. The third-order valence-corrected chi connectivity index (χ3v) is 2.58. The molecule has 0 aliphatic rings. The van der Waals surface area contributed by atoms with E-state index in [2.05, 4.69) is 26.1 Å². The second-order valence-corrected chi connectivity index (χ2v) is 4.13. The van der Waals surface area contributed by atoms with Crippen LogP contribution in [0.1, 0.15) is 5.69 Å². The number of pyridine rings is 1. The largest absolute Gasteiger partial charge is 0.279 e. The van der Waals surface area contributed by atoms with E-state index in [4.69, 9.17) is 11.6 Å². The Bertz CT molecular complexity index is 523. The Morgan fingerprint density at radius 2 is 2.36 bits per heavy atom. The first-order valence-electron chi connectivity index (χ1n) is 3.80. The number of nitrogens with zero attached hydrogens (tertiary/aromatic N) is 3. The molecule has 0 N–H and O–H groups in total. The normalized spacial score (nSPS) is 10.8. The van der Waals surface area contributed by atoms with E-state index in [1.165, 1.54) is 0 Å². The third-order valence-electron chi connectivity index (χ3n) is 1.87. The highest BCUT2D eigenvalue weighted by Gasteiger charge is 2.11. The second-order valence-electron chi connectivity index (χ2n) is 2.81. The molecule has 0 aromatic carbocycles. The Morgan fingerprint density at radius 3 is 3.00 bits per heavy atom. The Kier molecular flexibility index (Phi) is 2.28. The molecule has 2 heterocycles. The molecule has 0 saturated carbocycles. The summed E-state index contributed by atoms with van der Waals surface area (Å²) in [6.07, 6.45) is 1.71. The van der Waals surface area contributed by atoms with Crippen LogP contribution in [0.25, 0.3) is 5.65 Å². The summed E-state index contributed by atoms with van der Waals surface area (Å²) in [5.74, 6) is 0.281. The monoisotopic (exact) mass is 273 g/mol. The van der Waals surface area contributed by atoms with Gasteiger partial charge < -0.3 is 0 Å². The van der Waals surface area contributed by atoms with E-state index >= 15 is 0 Å². The van der Waals surface area contributed by atoms with Crippen LogP contribution in [-0.2, 0) is 0 Å². The summed E-state index contributed by atoms with van der Waals surface area (Å²) in [6, 6.07) is 1.72. The molecule has 0 fully saturated rings. The number of hydrogen-bond acceptors (Lipinski definition) is 3. The van der Waals surface area contributed by atoms with E-state index < -0.39 is 0 Å². The van der Waals surface area contributed by atoms with Gasteiger partial charge in [0, 0.05) is 10.7 Å². The average Bonchev–Trinajstić information content (AvgIpc) is 2.41. The van der Waals surface area contributed by atoms with Crippen molar-refractivity contribution in [2.45, 2.75) is 6.92 Å². The van der Waals surface area contributed by atoms with Gasteiger partial charge in [-0.3, -0.25) is 4.40 Å². The molecule has 4 nitrogen and oxygen atoms in total. The van der Waals surface area contributed by atoms with Crippen LogP contribution in [0.5, 0.6) is 0 Å². The smallest absolute Gasteiger partial charge is 0.204 e. The zero-order chi connectivity index (χ0) is 10.3. The Labute approximate surface area is 93.0 Å². The van der Waals surface area contributed by atoms with Gasteiger partial charge in [0.25, 0.3) is 0 Å². The Hall–Kier alpha value is -0.940. The topological polar surface area (TPSA) is 46.7 Å². The first kappa shape index (κ1) is 9.61. The lowest BCUT2D eigenvalue weighted by Crippen LogP contribution is -1.84. The standard InChI is InChI=1S/C8H5BrClN3O/c1-4-7(12-14)13-3-5(9)2-6(10)8(13)11-4/h2-3H,1H3. The highest BCUT2D eigenvalue weighted by Crippen LogP contribution is 2.28. The Morgan fingerprint density at radius 1 is 1.64 bits per heavy atom. The molecule has 6 heteroatoms. The number of hydrogen-bond donors (Lipinski definition) is 0. The van der Waals surface area contributed by atoms with Crippen LogP contribution in [-0.4, -0.2) is 9.38 Å². The lowest BCUT2D eigenvalue weighted by molar-refractivity contribution is 1.15. The van der Waals surface area contributed by atoms with Gasteiger partial charge in [-0.1, -0.05) is 11.6 Å². The maximum atomic E-state index is 10.6. The maximum Gasteiger partial charge on any atom is 0.204 e. The summed E-state index contributed by atoms with van der Waals surface area (Å²) in [7, 11) is 0. The predicted octanol–water partition coefficient (Wildman–Crippen LogP) is 3.46. The van der Waals surface area contributed by atoms with Crippen LogP contribution in [0.2, 0.25) is 5.02 Å². The minimum atomic E-state index is 0.281. The van der Waals surface area contributed by atoms with Gasteiger partial charge in [0.1, 0.15) is 0 Å². The number of fused-ring (bicyclic) bond motifs is 1. The summed E-state index contributed by atoms with van der Waals surface area (Å²) in [4.78, 5) is 14.7. The van der Waals surface area contributed by atoms with E-state index in [9.17, 15) is 4.91 Å². The average molecular weight is 275 g/mol. The van der Waals surface area contributed by atoms with Crippen LogP contribution in [0.3, 0.4) is 0 Å². The maximum absolute atomic E-state index is 10.6. The van der Waals surface area contributed by atoms with Crippen molar-refractivity contribution in [2.24, 2.45) is 5.18 Å². The molecule has 2 aromatic rings. The van der Waals surface area contributed by atoms with Gasteiger partial charge in [-0.2, -0.15) is 0 Å². The minimum Gasteiger partial charge on any atom is -0.279 e. The SMILES string of the molecule is Cc1nc2c(Cl)cc(Br)cn2c1N=O. The van der Waals surface area contributed by atoms with Crippen molar-refractivity contribution >= 4 is 39.0 Å². The zero-order valence-corrected chi connectivity index (χ0v) is 9.50. The molecule has 0 unspecified atom stereocenters. The number of rotatable bonds is 1. The highest BCUT2D eigenvalue weighted by molar-refractivity contribution is 9.10. The number of aromatic nitrogens is 2. The molecule has 0 radical (unpaired) electrons. The third kappa shape index (κ3) is 1.33. The number of aryl methyl sites for hydroxylation is 1. The quantitative estimate of drug-likeness (QED) is 0.748. The fraction of sp³-hybridized carbons (Fsp3) is 0.125. The van der Waals surface area contributed by atoms with Crippen molar-refractivity contribution in [3.05, 3.63) is 32.4 Å². The van der Waals surface area contributed by atoms with Gasteiger partial charge >= 0.3 is 0 Å².